The van der Waals surface area contributed by atoms with Crippen LogP contribution in [0.3, 0.4) is 0 Å². The zero-order valence-corrected chi connectivity index (χ0v) is 9.75. The van der Waals surface area contributed by atoms with Crippen LogP contribution in [0.4, 0.5) is 0 Å². The smallest absolute Gasteiger partial charge is 0.245 e. The van der Waals surface area contributed by atoms with Crippen molar-refractivity contribution in [3.63, 3.8) is 0 Å². The van der Waals surface area contributed by atoms with Gasteiger partial charge in [0.1, 0.15) is 0 Å². The number of nitrogens with zero attached hydrogens (tertiary/aromatic N) is 1. The Morgan fingerprint density at radius 3 is 2.53 bits per heavy atom. The summed E-state index contributed by atoms with van der Waals surface area (Å²) in [5.74, 6) is -0.125. The number of nitrogens with one attached hydrogen (secondary N) is 1. The van der Waals surface area contributed by atoms with Gasteiger partial charge in [0.05, 0.1) is 5.92 Å². The Kier molecular flexibility index (Phi) is 6.42. The summed E-state index contributed by atoms with van der Waals surface area (Å²) >= 11 is 0. The average Bonchev–Trinajstić information content (AvgIpc) is 2.79. The van der Waals surface area contributed by atoms with Crippen LogP contribution >= 0.6 is 0 Å². The maximum absolute atomic E-state index is 11.2. The zero-order chi connectivity index (χ0) is 11.8. The lowest BCUT2D eigenvalue weighted by molar-refractivity contribution is -0.126. The van der Waals surface area contributed by atoms with Gasteiger partial charge in [-0.1, -0.05) is 20.4 Å². The Hall–Kier alpha value is -1.32. The van der Waals surface area contributed by atoms with Gasteiger partial charge >= 0.3 is 0 Å². The molecule has 0 aromatic heterocycles. The normalized spacial score (nSPS) is 18.9. The van der Waals surface area contributed by atoms with Gasteiger partial charge in [-0.15, -0.1) is 0 Å². The fraction of sp³-hybridized carbons (Fsp3) is 0.636. The highest BCUT2D eigenvalue weighted by Crippen LogP contribution is 2.16. The lowest BCUT2D eigenvalue weighted by Crippen LogP contribution is -2.32. The van der Waals surface area contributed by atoms with Crippen LogP contribution in [0.15, 0.2) is 12.7 Å². The quantitative estimate of drug-likeness (QED) is 0.688. The molecular formula is C11H20N2O2. The van der Waals surface area contributed by atoms with E-state index in [-0.39, 0.29) is 17.7 Å². The van der Waals surface area contributed by atoms with Crippen molar-refractivity contribution < 1.29 is 9.59 Å². The molecule has 0 bridgehead atoms. The van der Waals surface area contributed by atoms with E-state index in [1.54, 1.807) is 11.9 Å². The van der Waals surface area contributed by atoms with Crippen LogP contribution in [0, 0.1) is 5.92 Å². The molecule has 1 N–H and O–H groups in total. The topological polar surface area (TPSA) is 49.4 Å². The monoisotopic (exact) mass is 212 g/mol. The molecule has 0 aromatic carbocycles. The Labute approximate surface area is 91.3 Å². The molecule has 1 unspecified atom stereocenters. The van der Waals surface area contributed by atoms with Crippen LogP contribution in [0.25, 0.3) is 0 Å². The first-order chi connectivity index (χ1) is 7.19. The van der Waals surface area contributed by atoms with E-state index in [1.807, 2.05) is 13.8 Å². The van der Waals surface area contributed by atoms with Crippen LogP contribution in [-0.2, 0) is 9.59 Å². The van der Waals surface area contributed by atoms with Crippen LogP contribution in [0.5, 0.6) is 0 Å². The van der Waals surface area contributed by atoms with Gasteiger partial charge in [0, 0.05) is 20.1 Å². The first kappa shape index (κ1) is 13.7. The van der Waals surface area contributed by atoms with Gasteiger partial charge in [-0.3, -0.25) is 9.59 Å². The second kappa shape index (κ2) is 7.04. The predicted octanol–water partition coefficient (Wildman–Crippen LogP) is 0.793. The molecule has 0 aliphatic carbocycles. The van der Waals surface area contributed by atoms with Crippen molar-refractivity contribution in [1.82, 2.24) is 10.2 Å². The third kappa shape index (κ3) is 3.73. The van der Waals surface area contributed by atoms with Crippen molar-refractivity contribution in [3.05, 3.63) is 12.7 Å². The molecule has 2 amide bonds. The maximum atomic E-state index is 11.2. The van der Waals surface area contributed by atoms with Gasteiger partial charge in [0.25, 0.3) is 0 Å². The molecule has 15 heavy (non-hydrogen) atoms. The van der Waals surface area contributed by atoms with Gasteiger partial charge in [-0.05, 0) is 12.5 Å². The van der Waals surface area contributed by atoms with Crippen molar-refractivity contribution in [2.75, 3.05) is 20.1 Å². The molecule has 1 fully saturated rings. The van der Waals surface area contributed by atoms with Gasteiger partial charge in [-0.2, -0.15) is 0 Å². The SMILES string of the molecule is C=CC(=O)N1CCC(C(=O)NC)C1.CC. The summed E-state index contributed by atoms with van der Waals surface area (Å²) < 4.78 is 0. The molecule has 1 saturated heterocycles. The Morgan fingerprint density at radius 2 is 2.07 bits per heavy atom. The number of likely N-dealkylation sites (tertiary alicyclic amines) is 1. The molecule has 1 atom stereocenters. The molecule has 4 heteroatoms. The minimum absolute atomic E-state index is 0.0133. The number of rotatable bonds is 2. The zero-order valence-electron chi connectivity index (χ0n) is 9.75. The van der Waals surface area contributed by atoms with E-state index in [4.69, 9.17) is 0 Å². The van der Waals surface area contributed by atoms with E-state index in [2.05, 4.69) is 11.9 Å². The minimum Gasteiger partial charge on any atom is -0.359 e. The second-order valence-corrected chi connectivity index (χ2v) is 3.09. The summed E-state index contributed by atoms with van der Waals surface area (Å²) in [7, 11) is 1.61. The lowest BCUT2D eigenvalue weighted by Gasteiger charge is -2.13. The summed E-state index contributed by atoms with van der Waals surface area (Å²) in [6.07, 6.45) is 2.03. The first-order valence-electron chi connectivity index (χ1n) is 5.32. The Bertz CT molecular complexity index is 239. The van der Waals surface area contributed by atoms with E-state index in [0.717, 1.165) is 6.42 Å². The van der Waals surface area contributed by atoms with Crippen LogP contribution in [-0.4, -0.2) is 36.9 Å². The first-order valence-corrected chi connectivity index (χ1v) is 5.32. The summed E-state index contributed by atoms with van der Waals surface area (Å²) in [6.45, 7) is 8.58. The number of hydrogen-bond acceptors (Lipinski definition) is 2. The number of carbonyl (C=O) groups excluding carboxylic acids is 2. The number of carbonyl (C=O) groups is 2. The summed E-state index contributed by atoms with van der Waals surface area (Å²) in [4.78, 5) is 24.0. The number of hydrogen-bond donors (Lipinski definition) is 1. The molecule has 1 aliphatic heterocycles. The number of amides is 2. The summed E-state index contributed by atoms with van der Waals surface area (Å²) in [5, 5.41) is 2.58. The van der Waals surface area contributed by atoms with Crippen molar-refractivity contribution >= 4 is 11.8 Å². The fourth-order valence-corrected chi connectivity index (χ4v) is 1.51. The van der Waals surface area contributed by atoms with E-state index < -0.39 is 0 Å². The van der Waals surface area contributed by atoms with E-state index in [9.17, 15) is 9.59 Å². The third-order valence-corrected chi connectivity index (χ3v) is 2.29. The highest BCUT2D eigenvalue weighted by atomic mass is 16.2. The molecule has 0 radical (unpaired) electrons. The lowest BCUT2D eigenvalue weighted by atomic mass is 10.1. The molecule has 0 aromatic rings. The van der Waals surface area contributed by atoms with Crippen molar-refractivity contribution in [2.45, 2.75) is 20.3 Å². The second-order valence-electron chi connectivity index (χ2n) is 3.09. The van der Waals surface area contributed by atoms with Crippen molar-refractivity contribution in [3.8, 4) is 0 Å². The molecule has 1 rings (SSSR count). The third-order valence-electron chi connectivity index (χ3n) is 2.29. The van der Waals surface area contributed by atoms with Crippen molar-refractivity contribution in [1.29, 1.82) is 0 Å². The highest BCUT2D eigenvalue weighted by Gasteiger charge is 2.29. The van der Waals surface area contributed by atoms with E-state index >= 15 is 0 Å². The molecule has 4 nitrogen and oxygen atoms in total. The molecule has 1 aliphatic rings. The van der Waals surface area contributed by atoms with Crippen LogP contribution < -0.4 is 5.32 Å². The minimum atomic E-state index is -0.0913. The highest BCUT2D eigenvalue weighted by molar-refractivity contribution is 5.88. The van der Waals surface area contributed by atoms with E-state index in [0.29, 0.717) is 13.1 Å². The van der Waals surface area contributed by atoms with E-state index in [1.165, 1.54) is 6.08 Å². The molecule has 86 valence electrons. The standard InChI is InChI=1S/C9H14N2O2.C2H6/c1-3-8(12)11-5-4-7(6-11)9(13)10-2;1-2/h3,7H,1,4-6H2,2H3,(H,10,13);1-2H3. The molecule has 0 saturated carbocycles. The average molecular weight is 212 g/mol. The van der Waals surface area contributed by atoms with Gasteiger partial charge < -0.3 is 10.2 Å². The summed E-state index contributed by atoms with van der Waals surface area (Å²) in [6, 6.07) is 0. The van der Waals surface area contributed by atoms with Gasteiger partial charge in [0.15, 0.2) is 0 Å². The van der Waals surface area contributed by atoms with Gasteiger partial charge in [-0.25, -0.2) is 0 Å². The van der Waals surface area contributed by atoms with Gasteiger partial charge in [0.2, 0.25) is 11.8 Å². The molecule has 0 spiro atoms. The predicted molar refractivity (Wildman–Crippen MR) is 60.3 cm³/mol. The fourth-order valence-electron chi connectivity index (χ4n) is 1.51. The largest absolute Gasteiger partial charge is 0.359 e. The maximum Gasteiger partial charge on any atom is 0.245 e. The Morgan fingerprint density at radius 1 is 1.47 bits per heavy atom. The molecule has 1 heterocycles. The van der Waals surface area contributed by atoms with Crippen molar-refractivity contribution in [2.24, 2.45) is 5.92 Å². The summed E-state index contributed by atoms with van der Waals surface area (Å²) in [5.41, 5.74) is 0. The van der Waals surface area contributed by atoms with Crippen LogP contribution in [0.2, 0.25) is 0 Å². The molecular weight excluding hydrogens is 192 g/mol. The Balaban J connectivity index is 0.000000921. The van der Waals surface area contributed by atoms with Crippen LogP contribution in [0.1, 0.15) is 20.3 Å².